The van der Waals surface area contributed by atoms with Crippen LogP contribution in [0.5, 0.6) is 0 Å². The number of carbonyl (C=O) groups excluding carboxylic acids is 1. The second-order valence-electron chi connectivity index (χ2n) is 6.39. The average Bonchev–Trinajstić information content (AvgIpc) is 2.39. The molecule has 0 saturated carbocycles. The molecule has 1 aromatic rings. The number of hydrogen-bond acceptors (Lipinski definition) is 2. The molecule has 0 aliphatic heterocycles. The zero-order valence-corrected chi connectivity index (χ0v) is 13.2. The number of carbonyl (C=O) groups is 1. The van der Waals surface area contributed by atoms with Gasteiger partial charge in [-0.1, -0.05) is 51.1 Å². The zero-order valence-electron chi connectivity index (χ0n) is 13.2. The highest BCUT2D eigenvalue weighted by molar-refractivity contribution is 5.76. The van der Waals surface area contributed by atoms with Crippen LogP contribution in [0.4, 0.5) is 0 Å². The van der Waals surface area contributed by atoms with Crippen molar-refractivity contribution in [2.24, 2.45) is 11.1 Å². The molecule has 1 rings (SSSR count). The van der Waals surface area contributed by atoms with Gasteiger partial charge in [0.1, 0.15) is 0 Å². The SMILES string of the molecule is CCN(CCc1ccccc1)C(=O)CC(N)C(C)(C)C. The van der Waals surface area contributed by atoms with Gasteiger partial charge in [-0.2, -0.15) is 0 Å². The van der Waals surface area contributed by atoms with E-state index < -0.39 is 0 Å². The Bertz CT molecular complexity index is 409. The van der Waals surface area contributed by atoms with Crippen molar-refractivity contribution in [2.75, 3.05) is 13.1 Å². The minimum Gasteiger partial charge on any atom is -0.343 e. The number of benzene rings is 1. The van der Waals surface area contributed by atoms with Gasteiger partial charge in [0.25, 0.3) is 0 Å². The van der Waals surface area contributed by atoms with Gasteiger partial charge < -0.3 is 10.6 Å². The van der Waals surface area contributed by atoms with E-state index in [1.165, 1.54) is 5.56 Å². The third kappa shape index (κ3) is 5.33. The number of nitrogens with two attached hydrogens (primary N) is 1. The largest absolute Gasteiger partial charge is 0.343 e. The average molecular weight is 276 g/mol. The molecule has 112 valence electrons. The monoisotopic (exact) mass is 276 g/mol. The fourth-order valence-electron chi connectivity index (χ4n) is 1.99. The molecule has 0 radical (unpaired) electrons. The van der Waals surface area contributed by atoms with Crippen LogP contribution in [0.1, 0.15) is 39.7 Å². The number of nitrogens with zero attached hydrogens (tertiary/aromatic N) is 1. The quantitative estimate of drug-likeness (QED) is 0.868. The van der Waals surface area contributed by atoms with Crippen LogP contribution in [-0.4, -0.2) is 29.9 Å². The first-order chi connectivity index (χ1) is 9.34. The summed E-state index contributed by atoms with van der Waals surface area (Å²) in [6.07, 6.45) is 1.32. The first kappa shape index (κ1) is 16.7. The lowest BCUT2D eigenvalue weighted by Crippen LogP contribution is -2.42. The van der Waals surface area contributed by atoms with Crippen molar-refractivity contribution in [3.8, 4) is 0 Å². The van der Waals surface area contributed by atoms with Crippen molar-refractivity contribution < 1.29 is 4.79 Å². The summed E-state index contributed by atoms with van der Waals surface area (Å²) in [6.45, 7) is 9.74. The van der Waals surface area contributed by atoms with E-state index in [0.717, 1.165) is 19.5 Å². The van der Waals surface area contributed by atoms with E-state index in [1.807, 2.05) is 30.0 Å². The molecule has 1 amide bonds. The molecule has 3 nitrogen and oxygen atoms in total. The maximum Gasteiger partial charge on any atom is 0.224 e. The van der Waals surface area contributed by atoms with Crippen LogP contribution >= 0.6 is 0 Å². The van der Waals surface area contributed by atoms with Crippen LogP contribution in [0.25, 0.3) is 0 Å². The van der Waals surface area contributed by atoms with Crippen molar-refractivity contribution in [3.05, 3.63) is 35.9 Å². The van der Waals surface area contributed by atoms with Gasteiger partial charge in [-0.15, -0.1) is 0 Å². The summed E-state index contributed by atoms with van der Waals surface area (Å²) < 4.78 is 0. The van der Waals surface area contributed by atoms with E-state index in [4.69, 9.17) is 5.73 Å². The number of hydrogen-bond donors (Lipinski definition) is 1. The van der Waals surface area contributed by atoms with Crippen molar-refractivity contribution in [2.45, 2.75) is 46.6 Å². The summed E-state index contributed by atoms with van der Waals surface area (Å²) in [5, 5.41) is 0. The fraction of sp³-hybridized carbons (Fsp3) is 0.588. The first-order valence-corrected chi connectivity index (χ1v) is 7.42. The van der Waals surface area contributed by atoms with Gasteiger partial charge in [-0.25, -0.2) is 0 Å². The summed E-state index contributed by atoms with van der Waals surface area (Å²) in [5.41, 5.74) is 7.33. The maximum atomic E-state index is 12.3. The Morgan fingerprint density at radius 1 is 1.25 bits per heavy atom. The zero-order chi connectivity index (χ0) is 15.2. The highest BCUT2D eigenvalue weighted by atomic mass is 16.2. The second kappa shape index (κ2) is 7.44. The van der Waals surface area contributed by atoms with Crippen molar-refractivity contribution in [1.29, 1.82) is 0 Å². The molecule has 20 heavy (non-hydrogen) atoms. The molecule has 2 N–H and O–H groups in total. The van der Waals surface area contributed by atoms with Crippen LogP contribution < -0.4 is 5.73 Å². The van der Waals surface area contributed by atoms with Crippen LogP contribution in [0.15, 0.2) is 30.3 Å². The molecule has 0 fully saturated rings. The molecule has 0 aliphatic rings. The molecular formula is C17H28N2O. The Kier molecular flexibility index (Phi) is 6.21. The summed E-state index contributed by atoms with van der Waals surface area (Å²) >= 11 is 0. The standard InChI is InChI=1S/C17H28N2O/c1-5-19(12-11-14-9-7-6-8-10-14)16(20)13-15(18)17(2,3)4/h6-10,15H,5,11-13,18H2,1-4H3. The lowest BCUT2D eigenvalue weighted by molar-refractivity contribution is -0.131. The minimum atomic E-state index is -0.0965. The molecule has 1 atom stereocenters. The van der Waals surface area contributed by atoms with Gasteiger partial charge in [-0.3, -0.25) is 4.79 Å². The summed E-state index contributed by atoms with van der Waals surface area (Å²) in [5.74, 6) is 0.158. The molecule has 0 bridgehead atoms. The summed E-state index contributed by atoms with van der Waals surface area (Å²) in [4.78, 5) is 14.2. The fourth-order valence-corrected chi connectivity index (χ4v) is 1.99. The summed E-state index contributed by atoms with van der Waals surface area (Å²) in [6, 6.07) is 10.2. The Morgan fingerprint density at radius 3 is 2.35 bits per heavy atom. The van der Waals surface area contributed by atoms with E-state index in [1.54, 1.807) is 0 Å². The normalized spacial score (nSPS) is 13.1. The minimum absolute atomic E-state index is 0.0332. The van der Waals surface area contributed by atoms with E-state index in [0.29, 0.717) is 6.42 Å². The maximum absolute atomic E-state index is 12.3. The molecule has 0 saturated heterocycles. The molecule has 1 unspecified atom stereocenters. The molecular weight excluding hydrogens is 248 g/mol. The molecule has 0 aliphatic carbocycles. The lowest BCUT2D eigenvalue weighted by atomic mass is 9.85. The number of rotatable bonds is 6. The molecule has 0 heterocycles. The van der Waals surface area contributed by atoms with E-state index in [9.17, 15) is 4.79 Å². The topological polar surface area (TPSA) is 46.3 Å². The van der Waals surface area contributed by atoms with Gasteiger partial charge in [0, 0.05) is 25.6 Å². The Morgan fingerprint density at radius 2 is 1.85 bits per heavy atom. The second-order valence-corrected chi connectivity index (χ2v) is 6.39. The third-order valence-corrected chi connectivity index (χ3v) is 3.75. The lowest BCUT2D eigenvalue weighted by Gasteiger charge is -2.29. The van der Waals surface area contributed by atoms with Crippen LogP contribution in [0.3, 0.4) is 0 Å². The van der Waals surface area contributed by atoms with Crippen molar-refractivity contribution in [1.82, 2.24) is 4.90 Å². The van der Waals surface area contributed by atoms with E-state index >= 15 is 0 Å². The van der Waals surface area contributed by atoms with Crippen LogP contribution in [-0.2, 0) is 11.2 Å². The first-order valence-electron chi connectivity index (χ1n) is 7.42. The predicted molar refractivity (Wildman–Crippen MR) is 84.4 cm³/mol. The highest BCUT2D eigenvalue weighted by Gasteiger charge is 2.25. The van der Waals surface area contributed by atoms with Gasteiger partial charge in [0.15, 0.2) is 0 Å². The van der Waals surface area contributed by atoms with Crippen molar-refractivity contribution in [3.63, 3.8) is 0 Å². The Hall–Kier alpha value is -1.35. The predicted octanol–water partition coefficient (Wildman–Crippen LogP) is 2.84. The number of likely N-dealkylation sites (N-methyl/N-ethyl adjacent to an activating group) is 1. The smallest absolute Gasteiger partial charge is 0.224 e. The van der Waals surface area contributed by atoms with E-state index in [2.05, 4.69) is 32.9 Å². The van der Waals surface area contributed by atoms with Crippen LogP contribution in [0, 0.1) is 5.41 Å². The molecule has 3 heteroatoms. The van der Waals surface area contributed by atoms with Crippen LogP contribution in [0.2, 0.25) is 0 Å². The van der Waals surface area contributed by atoms with Crippen molar-refractivity contribution >= 4 is 5.91 Å². The van der Waals surface area contributed by atoms with E-state index in [-0.39, 0.29) is 17.4 Å². The van der Waals surface area contributed by atoms with Gasteiger partial charge in [0.2, 0.25) is 5.91 Å². The molecule has 1 aromatic carbocycles. The van der Waals surface area contributed by atoms with Gasteiger partial charge in [0.05, 0.1) is 0 Å². The molecule has 0 aromatic heterocycles. The van der Waals surface area contributed by atoms with Gasteiger partial charge >= 0.3 is 0 Å². The Labute approximate surface area is 123 Å². The third-order valence-electron chi connectivity index (χ3n) is 3.75. The summed E-state index contributed by atoms with van der Waals surface area (Å²) in [7, 11) is 0. The van der Waals surface area contributed by atoms with Gasteiger partial charge in [-0.05, 0) is 24.3 Å². The highest BCUT2D eigenvalue weighted by Crippen LogP contribution is 2.20. The molecule has 0 spiro atoms. The Balaban J connectivity index is 2.51. The number of amides is 1.